The Labute approximate surface area is 214 Å². The molecule has 2 aromatic carbocycles. The molecule has 2 aromatic rings. The maximum Gasteiger partial charge on any atom is 0.264 e. The molecule has 0 N–H and O–H groups in total. The zero-order chi connectivity index (χ0) is 25.8. The first-order valence-corrected chi connectivity index (χ1v) is 13.2. The topological polar surface area (TPSA) is 101 Å². The fourth-order valence-corrected chi connectivity index (χ4v) is 4.68. The Hall–Kier alpha value is -2.24. The van der Waals surface area contributed by atoms with Crippen molar-refractivity contribution in [2.24, 2.45) is 0 Å². The number of ether oxygens (including phenoxy) is 4. The lowest BCUT2D eigenvalue weighted by Crippen LogP contribution is -2.48. The van der Waals surface area contributed by atoms with Crippen LogP contribution in [0.2, 0.25) is 10.0 Å². The Morgan fingerprint density at radius 2 is 1.71 bits per heavy atom. The molecule has 0 saturated carbocycles. The Morgan fingerprint density at radius 3 is 2.26 bits per heavy atom. The van der Waals surface area contributed by atoms with Crippen LogP contribution in [0.15, 0.2) is 30.3 Å². The smallest absolute Gasteiger partial charge is 0.264 e. The van der Waals surface area contributed by atoms with Crippen LogP contribution in [0.3, 0.4) is 0 Å². The maximum absolute atomic E-state index is 13.8. The summed E-state index contributed by atoms with van der Waals surface area (Å²) in [4.78, 5) is 15.4. The third-order valence-electron chi connectivity index (χ3n) is 5.51. The van der Waals surface area contributed by atoms with E-state index in [1.54, 1.807) is 35.2 Å². The van der Waals surface area contributed by atoms with Crippen LogP contribution in [0.4, 0.5) is 0 Å². The van der Waals surface area contributed by atoms with Gasteiger partial charge in [-0.2, -0.15) is 8.42 Å². The minimum Gasteiger partial charge on any atom is -0.493 e. The van der Waals surface area contributed by atoms with E-state index in [1.165, 1.54) is 21.3 Å². The molecule has 0 aromatic heterocycles. The summed E-state index contributed by atoms with van der Waals surface area (Å²) in [6.07, 6.45) is 0.636. The average molecular weight is 548 g/mol. The number of hydrogen-bond acceptors (Lipinski definition) is 8. The van der Waals surface area contributed by atoms with E-state index in [1.807, 2.05) is 0 Å². The Balaban J connectivity index is 2.02. The highest BCUT2D eigenvalue weighted by atomic mass is 35.5. The van der Waals surface area contributed by atoms with Crippen molar-refractivity contribution in [1.82, 2.24) is 4.90 Å². The van der Waals surface area contributed by atoms with E-state index in [0.29, 0.717) is 38.4 Å². The Kier molecular flexibility index (Phi) is 9.11. The molecule has 0 aliphatic carbocycles. The Bertz CT molecular complexity index is 1150. The summed E-state index contributed by atoms with van der Waals surface area (Å²) < 4.78 is 49.9. The third-order valence-corrected chi connectivity index (χ3v) is 6.84. The van der Waals surface area contributed by atoms with Crippen LogP contribution in [0.5, 0.6) is 17.2 Å². The highest BCUT2D eigenvalue weighted by Gasteiger charge is 2.37. The molecule has 1 aliphatic heterocycles. The number of rotatable bonds is 9. The minimum absolute atomic E-state index is 0.104. The van der Waals surface area contributed by atoms with E-state index in [4.69, 9.17) is 46.3 Å². The van der Waals surface area contributed by atoms with Crippen LogP contribution in [0.1, 0.15) is 28.4 Å². The molecule has 3 rings (SSSR count). The van der Waals surface area contributed by atoms with Crippen LogP contribution in [-0.2, 0) is 19.0 Å². The second-order valence-corrected chi connectivity index (χ2v) is 10.2. The standard InChI is InChI=1S/C23H27Cl2NO8S/c1-30-19-12-15(13-20(31-2)22(19)32-3)23(27)26-8-10-33-18(7-9-34-35(4,28)29)21(26)14-5-6-16(24)17(25)11-14/h5-6,11-13,18,21H,7-10H2,1-4H3/t18-,21?/m1/s1. The monoisotopic (exact) mass is 547 g/mol. The third kappa shape index (κ3) is 6.50. The molecular weight excluding hydrogens is 521 g/mol. The number of hydrogen-bond donors (Lipinski definition) is 0. The molecule has 0 spiro atoms. The fraction of sp³-hybridized carbons (Fsp3) is 0.435. The zero-order valence-electron chi connectivity index (χ0n) is 19.7. The number of amides is 1. The van der Waals surface area contributed by atoms with Gasteiger partial charge in [0.25, 0.3) is 16.0 Å². The lowest BCUT2D eigenvalue weighted by Gasteiger charge is -2.41. The summed E-state index contributed by atoms with van der Waals surface area (Å²) in [7, 11) is 0.789. The van der Waals surface area contributed by atoms with Gasteiger partial charge in [0.05, 0.1) is 63.0 Å². The van der Waals surface area contributed by atoms with Crippen molar-refractivity contribution in [2.75, 3.05) is 47.3 Å². The van der Waals surface area contributed by atoms with Crippen molar-refractivity contribution in [3.8, 4) is 17.2 Å². The van der Waals surface area contributed by atoms with E-state index in [0.717, 1.165) is 6.26 Å². The molecule has 1 heterocycles. The normalized spacial score (nSPS) is 18.3. The quantitative estimate of drug-likeness (QED) is 0.434. The summed E-state index contributed by atoms with van der Waals surface area (Å²) >= 11 is 12.4. The zero-order valence-corrected chi connectivity index (χ0v) is 22.1. The summed E-state index contributed by atoms with van der Waals surface area (Å²) in [5, 5.41) is 0.688. The van der Waals surface area contributed by atoms with Crippen LogP contribution < -0.4 is 14.2 Å². The molecule has 2 atom stereocenters. The number of carbonyl (C=O) groups is 1. The van der Waals surface area contributed by atoms with Crippen LogP contribution in [-0.4, -0.2) is 72.7 Å². The first-order valence-electron chi connectivity index (χ1n) is 10.6. The average Bonchev–Trinajstić information content (AvgIpc) is 2.83. The van der Waals surface area contributed by atoms with Gasteiger partial charge in [0.1, 0.15) is 0 Å². The molecule has 0 radical (unpaired) electrons. The van der Waals surface area contributed by atoms with Gasteiger partial charge in [-0.15, -0.1) is 0 Å². The van der Waals surface area contributed by atoms with Gasteiger partial charge in [-0.3, -0.25) is 8.98 Å². The molecule has 1 unspecified atom stereocenters. The number of methoxy groups -OCH3 is 3. The van der Waals surface area contributed by atoms with Gasteiger partial charge in [-0.1, -0.05) is 29.3 Å². The van der Waals surface area contributed by atoms with Gasteiger partial charge in [0, 0.05) is 18.5 Å². The van der Waals surface area contributed by atoms with Crippen molar-refractivity contribution in [3.05, 3.63) is 51.5 Å². The SMILES string of the molecule is COc1cc(C(=O)N2CCO[C@H](CCOS(C)(=O)=O)C2c2ccc(Cl)c(Cl)c2)cc(OC)c1OC. The number of benzene rings is 2. The summed E-state index contributed by atoms with van der Waals surface area (Å²) in [6, 6.07) is 7.63. The van der Waals surface area contributed by atoms with Crippen LogP contribution in [0, 0.1) is 0 Å². The lowest BCUT2D eigenvalue weighted by atomic mass is 9.95. The predicted molar refractivity (Wildman–Crippen MR) is 131 cm³/mol. The van der Waals surface area contributed by atoms with Gasteiger partial charge < -0.3 is 23.8 Å². The predicted octanol–water partition coefficient (Wildman–Crippen LogP) is 3.97. The summed E-state index contributed by atoms with van der Waals surface area (Å²) in [6.45, 7) is 0.425. The first-order chi connectivity index (χ1) is 16.6. The minimum atomic E-state index is -3.63. The summed E-state index contributed by atoms with van der Waals surface area (Å²) in [5.74, 6) is 0.739. The first kappa shape index (κ1) is 27.3. The molecule has 35 heavy (non-hydrogen) atoms. The van der Waals surface area contributed by atoms with Crippen molar-refractivity contribution in [1.29, 1.82) is 0 Å². The largest absolute Gasteiger partial charge is 0.493 e. The van der Waals surface area contributed by atoms with Gasteiger partial charge >= 0.3 is 0 Å². The molecule has 0 bridgehead atoms. The van der Waals surface area contributed by atoms with Crippen LogP contribution in [0.25, 0.3) is 0 Å². The van der Waals surface area contributed by atoms with Gasteiger partial charge in [-0.25, -0.2) is 0 Å². The molecule has 1 amide bonds. The highest BCUT2D eigenvalue weighted by molar-refractivity contribution is 7.85. The van der Waals surface area contributed by atoms with E-state index in [-0.39, 0.29) is 32.1 Å². The van der Waals surface area contributed by atoms with Gasteiger partial charge in [-0.05, 0) is 29.8 Å². The lowest BCUT2D eigenvalue weighted by molar-refractivity contribution is -0.0673. The second-order valence-electron chi connectivity index (χ2n) is 7.75. The van der Waals surface area contributed by atoms with Crippen molar-refractivity contribution in [2.45, 2.75) is 18.6 Å². The van der Waals surface area contributed by atoms with Crippen molar-refractivity contribution in [3.63, 3.8) is 0 Å². The number of morpholine rings is 1. The molecule has 192 valence electrons. The number of carbonyl (C=O) groups excluding carboxylic acids is 1. The fourth-order valence-electron chi connectivity index (χ4n) is 3.98. The number of halogens is 2. The van der Waals surface area contributed by atoms with Crippen LogP contribution >= 0.6 is 23.2 Å². The maximum atomic E-state index is 13.8. The van der Waals surface area contributed by atoms with Crippen molar-refractivity contribution < 1.29 is 36.3 Å². The van der Waals surface area contributed by atoms with Crippen molar-refractivity contribution >= 4 is 39.2 Å². The number of nitrogens with zero attached hydrogens (tertiary/aromatic N) is 1. The molecular formula is C23H27Cl2NO8S. The second kappa shape index (κ2) is 11.7. The van der Waals surface area contributed by atoms with E-state index in [2.05, 4.69) is 0 Å². The molecule has 1 saturated heterocycles. The van der Waals surface area contributed by atoms with E-state index >= 15 is 0 Å². The van der Waals surface area contributed by atoms with Gasteiger partial charge in [0.2, 0.25) is 5.75 Å². The highest BCUT2D eigenvalue weighted by Crippen LogP contribution is 2.40. The van der Waals surface area contributed by atoms with E-state index < -0.39 is 22.3 Å². The molecule has 9 nitrogen and oxygen atoms in total. The molecule has 1 aliphatic rings. The van der Waals surface area contributed by atoms with Gasteiger partial charge in [0.15, 0.2) is 11.5 Å². The molecule has 1 fully saturated rings. The Morgan fingerprint density at radius 1 is 1.06 bits per heavy atom. The summed E-state index contributed by atoms with van der Waals surface area (Å²) in [5.41, 5.74) is 1.00. The molecule has 12 heteroatoms. The van der Waals surface area contributed by atoms with E-state index in [9.17, 15) is 13.2 Å².